The molecule has 0 atom stereocenters. The highest BCUT2D eigenvalue weighted by molar-refractivity contribution is 5.82. The van der Waals surface area contributed by atoms with Gasteiger partial charge in [0.05, 0.1) is 5.84 Å². The zero-order valence-corrected chi connectivity index (χ0v) is 9.97. The summed E-state index contributed by atoms with van der Waals surface area (Å²) in [7, 11) is 0. The van der Waals surface area contributed by atoms with Crippen molar-refractivity contribution in [3.8, 4) is 0 Å². The molecule has 1 N–H and O–H groups in total. The van der Waals surface area contributed by atoms with Crippen molar-refractivity contribution in [2.24, 2.45) is 5.92 Å². The molecule has 2 heteroatoms. The molecule has 86 valence electrons. The lowest BCUT2D eigenvalue weighted by Crippen LogP contribution is -2.41. The molecule has 0 aromatic rings. The van der Waals surface area contributed by atoms with Gasteiger partial charge in [-0.15, -0.1) is 0 Å². The Kier molecular flexibility index (Phi) is 3.66. The van der Waals surface area contributed by atoms with Crippen molar-refractivity contribution in [3.05, 3.63) is 0 Å². The average Bonchev–Trinajstić information content (AvgIpc) is 2.91. The van der Waals surface area contributed by atoms with Crippen LogP contribution in [0.4, 0.5) is 0 Å². The molecule has 0 aliphatic heterocycles. The smallest absolute Gasteiger partial charge is 0.0991 e. The maximum atomic E-state index is 8.33. The van der Waals surface area contributed by atoms with Gasteiger partial charge in [0.15, 0.2) is 0 Å². The average molecular weight is 208 g/mol. The molecule has 0 unspecified atom stereocenters. The van der Waals surface area contributed by atoms with E-state index in [-0.39, 0.29) is 0 Å². The molecule has 0 aromatic carbocycles. The van der Waals surface area contributed by atoms with Crippen molar-refractivity contribution in [2.75, 3.05) is 6.54 Å². The van der Waals surface area contributed by atoms with E-state index in [1.165, 1.54) is 51.4 Å². The van der Waals surface area contributed by atoms with E-state index in [4.69, 9.17) is 5.41 Å². The van der Waals surface area contributed by atoms with Gasteiger partial charge < -0.3 is 4.90 Å². The van der Waals surface area contributed by atoms with E-state index < -0.39 is 0 Å². The summed E-state index contributed by atoms with van der Waals surface area (Å²) in [4.78, 5) is 2.39. The lowest BCUT2D eigenvalue weighted by Gasteiger charge is -2.32. The molecule has 0 spiro atoms. The molecule has 0 amide bonds. The van der Waals surface area contributed by atoms with Crippen LogP contribution in [0.1, 0.15) is 58.3 Å². The minimum Gasteiger partial charge on any atom is -0.358 e. The van der Waals surface area contributed by atoms with E-state index in [1.807, 2.05) is 0 Å². The Balaban J connectivity index is 1.95. The fraction of sp³-hybridized carbons (Fsp3) is 0.923. The fourth-order valence-corrected chi connectivity index (χ4v) is 3.27. The molecule has 15 heavy (non-hydrogen) atoms. The van der Waals surface area contributed by atoms with E-state index in [0.29, 0.717) is 12.0 Å². The normalized spacial score (nSPS) is 23.5. The molecule has 2 aliphatic carbocycles. The Bertz CT molecular complexity index is 213. The third-order valence-corrected chi connectivity index (χ3v) is 4.16. The zero-order valence-electron chi connectivity index (χ0n) is 9.97. The summed E-state index contributed by atoms with van der Waals surface area (Å²) in [6, 6.07) is 0.697. The summed E-state index contributed by atoms with van der Waals surface area (Å²) in [6.45, 7) is 3.25. The van der Waals surface area contributed by atoms with Crippen molar-refractivity contribution >= 4 is 5.84 Å². The van der Waals surface area contributed by atoms with Crippen LogP contribution in [0.2, 0.25) is 0 Å². The Morgan fingerprint density at radius 3 is 2.13 bits per heavy atom. The summed E-state index contributed by atoms with van der Waals surface area (Å²) in [5, 5.41) is 8.33. The summed E-state index contributed by atoms with van der Waals surface area (Å²) >= 11 is 0. The lowest BCUT2D eigenvalue weighted by molar-refractivity contribution is 0.309. The van der Waals surface area contributed by atoms with Crippen LogP contribution in [0.25, 0.3) is 0 Å². The molecule has 0 heterocycles. The second-order valence-electron chi connectivity index (χ2n) is 5.09. The summed E-state index contributed by atoms with van der Waals surface area (Å²) in [5.74, 6) is 1.55. The minimum atomic E-state index is 0.588. The van der Waals surface area contributed by atoms with Gasteiger partial charge in [0, 0.05) is 18.5 Å². The molecule has 0 radical (unpaired) electrons. The topological polar surface area (TPSA) is 27.1 Å². The van der Waals surface area contributed by atoms with E-state index in [0.717, 1.165) is 12.4 Å². The van der Waals surface area contributed by atoms with Crippen molar-refractivity contribution in [1.29, 1.82) is 5.41 Å². The largest absolute Gasteiger partial charge is 0.358 e. The number of nitrogens with one attached hydrogen (secondary N) is 1. The molecule has 2 fully saturated rings. The SMILES string of the molecule is CCN(C(=N)C1CCCC1)C1CCCC1. The monoisotopic (exact) mass is 208 g/mol. The number of hydrogen-bond donors (Lipinski definition) is 1. The Hall–Kier alpha value is -0.530. The van der Waals surface area contributed by atoms with Crippen molar-refractivity contribution in [3.63, 3.8) is 0 Å². The predicted molar refractivity (Wildman–Crippen MR) is 64.3 cm³/mol. The molecular weight excluding hydrogens is 184 g/mol. The van der Waals surface area contributed by atoms with Crippen LogP contribution in [0.15, 0.2) is 0 Å². The highest BCUT2D eigenvalue weighted by Gasteiger charge is 2.28. The number of nitrogens with zero attached hydrogens (tertiary/aromatic N) is 1. The van der Waals surface area contributed by atoms with Crippen LogP contribution < -0.4 is 0 Å². The van der Waals surface area contributed by atoms with Crippen LogP contribution in [0, 0.1) is 11.3 Å². The molecular formula is C13H24N2. The van der Waals surface area contributed by atoms with Crippen molar-refractivity contribution in [1.82, 2.24) is 4.90 Å². The Morgan fingerprint density at radius 2 is 1.60 bits per heavy atom. The predicted octanol–water partition coefficient (Wildman–Crippen LogP) is 3.42. The van der Waals surface area contributed by atoms with E-state index in [2.05, 4.69) is 11.8 Å². The Labute approximate surface area is 93.6 Å². The molecule has 2 nitrogen and oxygen atoms in total. The summed E-state index contributed by atoms with van der Waals surface area (Å²) in [5.41, 5.74) is 0. The number of rotatable bonds is 3. The standard InChI is InChI=1S/C13H24N2/c1-2-15(12-9-5-6-10-12)13(14)11-7-3-4-8-11/h11-12,14H,2-10H2,1H3. The van der Waals surface area contributed by atoms with E-state index in [1.54, 1.807) is 0 Å². The van der Waals surface area contributed by atoms with Crippen LogP contribution in [-0.2, 0) is 0 Å². The first kappa shape index (κ1) is 11.0. The number of amidine groups is 1. The van der Waals surface area contributed by atoms with Gasteiger partial charge in [-0.3, -0.25) is 5.41 Å². The summed E-state index contributed by atoms with van der Waals surface area (Å²) in [6.07, 6.45) is 10.6. The molecule has 2 rings (SSSR count). The Morgan fingerprint density at radius 1 is 1.07 bits per heavy atom. The molecule has 2 aliphatic rings. The van der Waals surface area contributed by atoms with Gasteiger partial charge in [0.25, 0.3) is 0 Å². The first-order valence-corrected chi connectivity index (χ1v) is 6.68. The van der Waals surface area contributed by atoms with E-state index >= 15 is 0 Å². The van der Waals surface area contributed by atoms with Gasteiger partial charge in [-0.1, -0.05) is 25.7 Å². The zero-order chi connectivity index (χ0) is 10.7. The van der Waals surface area contributed by atoms with Crippen molar-refractivity contribution in [2.45, 2.75) is 64.3 Å². The van der Waals surface area contributed by atoms with Gasteiger partial charge in [0.1, 0.15) is 0 Å². The second kappa shape index (κ2) is 5.00. The minimum absolute atomic E-state index is 0.588. The molecule has 0 bridgehead atoms. The number of hydrogen-bond acceptors (Lipinski definition) is 1. The van der Waals surface area contributed by atoms with Gasteiger partial charge in [-0.05, 0) is 32.6 Å². The quantitative estimate of drug-likeness (QED) is 0.558. The maximum absolute atomic E-state index is 8.33. The lowest BCUT2D eigenvalue weighted by atomic mass is 10.0. The van der Waals surface area contributed by atoms with Gasteiger partial charge in [0.2, 0.25) is 0 Å². The third kappa shape index (κ3) is 2.35. The summed E-state index contributed by atoms with van der Waals surface area (Å²) < 4.78 is 0. The third-order valence-electron chi connectivity index (χ3n) is 4.16. The first-order chi connectivity index (χ1) is 7.33. The van der Waals surface area contributed by atoms with Crippen LogP contribution in [0.3, 0.4) is 0 Å². The van der Waals surface area contributed by atoms with Gasteiger partial charge in [-0.25, -0.2) is 0 Å². The second-order valence-corrected chi connectivity index (χ2v) is 5.09. The first-order valence-electron chi connectivity index (χ1n) is 6.68. The maximum Gasteiger partial charge on any atom is 0.0991 e. The highest BCUT2D eigenvalue weighted by Crippen LogP contribution is 2.30. The van der Waals surface area contributed by atoms with Crippen LogP contribution >= 0.6 is 0 Å². The van der Waals surface area contributed by atoms with Crippen LogP contribution in [-0.4, -0.2) is 23.3 Å². The van der Waals surface area contributed by atoms with Gasteiger partial charge >= 0.3 is 0 Å². The van der Waals surface area contributed by atoms with E-state index in [9.17, 15) is 0 Å². The highest BCUT2D eigenvalue weighted by atomic mass is 15.2. The van der Waals surface area contributed by atoms with Crippen molar-refractivity contribution < 1.29 is 0 Å². The molecule has 0 saturated heterocycles. The van der Waals surface area contributed by atoms with Gasteiger partial charge in [-0.2, -0.15) is 0 Å². The van der Waals surface area contributed by atoms with Crippen LogP contribution in [0.5, 0.6) is 0 Å². The molecule has 0 aromatic heterocycles. The molecule has 2 saturated carbocycles. The fourth-order valence-electron chi connectivity index (χ4n) is 3.27.